The van der Waals surface area contributed by atoms with Gasteiger partial charge in [0.05, 0.1) is 30.6 Å². The number of halogens is 3. The number of pyridine rings is 1. The Morgan fingerprint density at radius 3 is 2.53 bits per heavy atom. The molecule has 1 aromatic heterocycles. The van der Waals surface area contributed by atoms with E-state index in [0.29, 0.717) is 32.0 Å². The number of benzene rings is 1. The monoisotopic (exact) mass is 453 g/mol. The quantitative estimate of drug-likeness (QED) is 0.670. The van der Waals surface area contributed by atoms with E-state index in [1.807, 2.05) is 36.0 Å². The van der Waals surface area contributed by atoms with Gasteiger partial charge in [-0.3, -0.25) is 4.98 Å². The van der Waals surface area contributed by atoms with Crippen molar-refractivity contribution in [1.82, 2.24) is 15.2 Å². The molecular formula is C21H26F3N5O3. The van der Waals surface area contributed by atoms with E-state index < -0.39 is 18.1 Å². The van der Waals surface area contributed by atoms with Gasteiger partial charge in [-0.15, -0.1) is 13.2 Å². The van der Waals surface area contributed by atoms with Gasteiger partial charge in [0.2, 0.25) is 0 Å². The number of amides is 2. The smallest absolute Gasteiger partial charge is 0.406 e. The van der Waals surface area contributed by atoms with E-state index in [-0.39, 0.29) is 18.3 Å². The summed E-state index contributed by atoms with van der Waals surface area (Å²) in [6.07, 6.45) is -1.48. The number of ether oxygens (including phenoxy) is 2. The Hall–Kier alpha value is -3.05. The van der Waals surface area contributed by atoms with E-state index in [9.17, 15) is 18.0 Å². The van der Waals surface area contributed by atoms with Crippen LogP contribution in [-0.2, 0) is 4.74 Å². The molecule has 0 saturated carbocycles. The average molecular weight is 453 g/mol. The first-order valence-electron chi connectivity index (χ1n) is 10.1. The molecule has 3 rings (SSSR count). The number of rotatable bonds is 7. The molecule has 1 aliphatic rings. The largest absolute Gasteiger partial charge is 0.573 e. The molecule has 0 bridgehead atoms. The van der Waals surface area contributed by atoms with Crippen LogP contribution >= 0.6 is 0 Å². The number of carbonyl (C=O) groups excluding carboxylic acids is 1. The number of hydrogen-bond donors (Lipinski definition) is 2. The lowest BCUT2D eigenvalue weighted by atomic mass is 10.1. The molecule has 0 aliphatic carbocycles. The third kappa shape index (κ3) is 6.72. The first-order valence-corrected chi connectivity index (χ1v) is 10.1. The maximum absolute atomic E-state index is 12.7. The zero-order chi connectivity index (χ0) is 23.1. The Morgan fingerprint density at radius 1 is 1.22 bits per heavy atom. The zero-order valence-electron chi connectivity index (χ0n) is 17.9. The van der Waals surface area contributed by atoms with Crippen LogP contribution in [0.5, 0.6) is 5.75 Å². The van der Waals surface area contributed by atoms with Crippen molar-refractivity contribution in [2.24, 2.45) is 0 Å². The number of urea groups is 1. The molecule has 1 aliphatic heterocycles. The van der Waals surface area contributed by atoms with E-state index in [1.54, 1.807) is 12.4 Å². The van der Waals surface area contributed by atoms with Gasteiger partial charge in [0.1, 0.15) is 5.75 Å². The molecule has 2 aromatic rings. The van der Waals surface area contributed by atoms with Crippen LogP contribution in [-0.4, -0.2) is 69.2 Å². The van der Waals surface area contributed by atoms with Crippen molar-refractivity contribution in [2.45, 2.75) is 12.4 Å². The Morgan fingerprint density at radius 2 is 1.91 bits per heavy atom. The molecule has 0 radical (unpaired) electrons. The maximum atomic E-state index is 12.7. The number of nitrogens with one attached hydrogen (secondary N) is 2. The van der Waals surface area contributed by atoms with Crippen molar-refractivity contribution < 1.29 is 27.4 Å². The maximum Gasteiger partial charge on any atom is 0.573 e. The van der Waals surface area contributed by atoms with Crippen molar-refractivity contribution in [3.05, 3.63) is 48.3 Å². The molecule has 1 unspecified atom stereocenters. The summed E-state index contributed by atoms with van der Waals surface area (Å²) in [6, 6.07) is 6.97. The van der Waals surface area contributed by atoms with Crippen molar-refractivity contribution in [1.29, 1.82) is 0 Å². The summed E-state index contributed by atoms with van der Waals surface area (Å²) < 4.78 is 47.4. The molecule has 8 nitrogen and oxygen atoms in total. The van der Waals surface area contributed by atoms with Crippen molar-refractivity contribution in [3.8, 4) is 5.75 Å². The number of morpholine rings is 1. The van der Waals surface area contributed by atoms with E-state index in [0.717, 1.165) is 5.56 Å². The minimum Gasteiger partial charge on any atom is -0.406 e. The predicted molar refractivity (Wildman–Crippen MR) is 114 cm³/mol. The number of likely N-dealkylation sites (N-methyl/N-ethyl adjacent to an activating group) is 1. The highest BCUT2D eigenvalue weighted by molar-refractivity contribution is 5.93. The SMILES string of the molecule is CN(C)C(CNC(=O)Nc1cc(OC(F)(F)F)ccc1N1CCOCC1)c1ccncc1. The Labute approximate surface area is 184 Å². The van der Waals surface area contributed by atoms with Gasteiger partial charge in [0, 0.05) is 38.1 Å². The fourth-order valence-corrected chi connectivity index (χ4v) is 3.43. The highest BCUT2D eigenvalue weighted by Crippen LogP contribution is 2.33. The van der Waals surface area contributed by atoms with Gasteiger partial charge in [0.15, 0.2) is 0 Å². The fraction of sp³-hybridized carbons (Fsp3) is 0.429. The number of alkyl halides is 3. The Balaban J connectivity index is 1.74. The molecule has 1 aromatic carbocycles. The van der Waals surface area contributed by atoms with Crippen LogP contribution in [0.15, 0.2) is 42.7 Å². The normalized spacial score (nSPS) is 15.4. The van der Waals surface area contributed by atoms with E-state index >= 15 is 0 Å². The summed E-state index contributed by atoms with van der Waals surface area (Å²) in [5.41, 5.74) is 1.78. The molecular weight excluding hydrogens is 427 g/mol. The predicted octanol–water partition coefficient (Wildman–Crippen LogP) is 3.24. The third-order valence-corrected chi connectivity index (χ3v) is 4.97. The molecule has 2 heterocycles. The van der Waals surface area contributed by atoms with Gasteiger partial charge in [-0.05, 0) is 43.9 Å². The minimum atomic E-state index is -4.83. The van der Waals surface area contributed by atoms with E-state index in [2.05, 4.69) is 20.4 Å². The van der Waals surface area contributed by atoms with Crippen LogP contribution in [0.3, 0.4) is 0 Å². The van der Waals surface area contributed by atoms with Gasteiger partial charge in [-0.2, -0.15) is 0 Å². The third-order valence-electron chi connectivity index (χ3n) is 4.97. The number of nitrogens with zero attached hydrogens (tertiary/aromatic N) is 3. The van der Waals surface area contributed by atoms with Crippen LogP contribution in [0.1, 0.15) is 11.6 Å². The number of hydrogen-bond acceptors (Lipinski definition) is 6. The lowest BCUT2D eigenvalue weighted by molar-refractivity contribution is -0.274. The summed E-state index contributed by atoms with van der Waals surface area (Å²) in [5, 5.41) is 5.46. The molecule has 1 atom stereocenters. The second-order valence-electron chi connectivity index (χ2n) is 7.42. The summed E-state index contributed by atoms with van der Waals surface area (Å²) in [7, 11) is 3.78. The first kappa shape index (κ1) is 23.6. The number of carbonyl (C=O) groups is 1. The lowest BCUT2D eigenvalue weighted by Gasteiger charge is -2.31. The van der Waals surface area contributed by atoms with Crippen molar-refractivity contribution >= 4 is 17.4 Å². The van der Waals surface area contributed by atoms with Crippen LogP contribution in [0, 0.1) is 0 Å². The minimum absolute atomic E-state index is 0.109. The average Bonchev–Trinajstić information content (AvgIpc) is 2.74. The van der Waals surface area contributed by atoms with Crippen LogP contribution in [0.4, 0.5) is 29.3 Å². The van der Waals surface area contributed by atoms with Gasteiger partial charge >= 0.3 is 12.4 Å². The lowest BCUT2D eigenvalue weighted by Crippen LogP contribution is -2.39. The number of aromatic nitrogens is 1. The highest BCUT2D eigenvalue weighted by atomic mass is 19.4. The van der Waals surface area contributed by atoms with Crippen molar-refractivity contribution in [3.63, 3.8) is 0 Å². The molecule has 32 heavy (non-hydrogen) atoms. The van der Waals surface area contributed by atoms with Gasteiger partial charge in [0.25, 0.3) is 0 Å². The summed E-state index contributed by atoms with van der Waals surface area (Å²) in [6.45, 7) is 2.38. The molecule has 1 fully saturated rings. The first-order chi connectivity index (χ1) is 15.2. The van der Waals surface area contributed by atoms with Gasteiger partial charge in [-0.25, -0.2) is 4.79 Å². The summed E-state index contributed by atoms with van der Waals surface area (Å²) in [5.74, 6) is -0.409. The second-order valence-corrected chi connectivity index (χ2v) is 7.42. The second kappa shape index (κ2) is 10.5. The molecule has 174 valence electrons. The van der Waals surface area contributed by atoms with Crippen LogP contribution < -0.4 is 20.3 Å². The summed E-state index contributed by atoms with van der Waals surface area (Å²) in [4.78, 5) is 20.5. The molecule has 1 saturated heterocycles. The number of anilines is 2. The van der Waals surface area contributed by atoms with Gasteiger partial charge in [-0.1, -0.05) is 0 Å². The van der Waals surface area contributed by atoms with Crippen LogP contribution in [0.2, 0.25) is 0 Å². The molecule has 2 N–H and O–H groups in total. The van der Waals surface area contributed by atoms with Gasteiger partial charge < -0.3 is 29.9 Å². The van der Waals surface area contributed by atoms with E-state index in [1.165, 1.54) is 18.2 Å². The Kier molecular flexibility index (Phi) is 7.75. The van der Waals surface area contributed by atoms with Crippen LogP contribution in [0.25, 0.3) is 0 Å². The van der Waals surface area contributed by atoms with E-state index in [4.69, 9.17) is 4.74 Å². The zero-order valence-corrected chi connectivity index (χ0v) is 17.9. The topological polar surface area (TPSA) is 79.0 Å². The molecule has 11 heteroatoms. The highest BCUT2D eigenvalue weighted by Gasteiger charge is 2.31. The molecule has 0 spiro atoms. The Bertz CT molecular complexity index is 890. The van der Waals surface area contributed by atoms with Crippen molar-refractivity contribution in [2.75, 3.05) is 57.2 Å². The fourth-order valence-electron chi connectivity index (χ4n) is 3.43. The standard InChI is InChI=1S/C21H26F3N5O3/c1-28(2)19(15-5-7-25-8-6-15)14-26-20(30)27-17-13-16(32-21(22,23)24)3-4-18(17)29-9-11-31-12-10-29/h3-8,13,19H,9-12,14H2,1-2H3,(H2,26,27,30). The molecule has 2 amide bonds. The summed E-state index contributed by atoms with van der Waals surface area (Å²) >= 11 is 0.